The fourth-order valence-corrected chi connectivity index (χ4v) is 7.29. The number of rotatable bonds is 8. The first-order chi connectivity index (χ1) is 16.9. The number of hydrogen-bond donors (Lipinski definition) is 2. The minimum atomic E-state index is -0.517. The summed E-state index contributed by atoms with van der Waals surface area (Å²) in [6.45, 7) is 4.12. The first kappa shape index (κ1) is 24.3. The number of carbonyl (C=O) groups excluding carboxylic acids is 2. The molecule has 1 aliphatic heterocycles. The Kier molecular flexibility index (Phi) is 6.93. The van der Waals surface area contributed by atoms with E-state index in [9.17, 15) is 14.7 Å². The Balaban J connectivity index is 1.31. The van der Waals surface area contributed by atoms with E-state index in [0.717, 1.165) is 70.3 Å². The average Bonchev–Trinajstić information content (AvgIpc) is 2.83. The number of pyridine rings is 1. The van der Waals surface area contributed by atoms with Crippen LogP contribution in [0.25, 0.3) is 0 Å². The first-order valence-electron chi connectivity index (χ1n) is 13.4. The number of amides is 1. The molecule has 5 fully saturated rings. The van der Waals surface area contributed by atoms with E-state index in [1.54, 1.807) is 0 Å². The maximum Gasteiger partial charge on any atom is 0.305 e. The molecule has 0 spiro atoms. The standard InChI is InChI=1S/C27H39N3O5/c1-3-9-35-26-21(6-7-22(28-26)30-8-4-5-17(16-30)12-23(31)34-2)25(32)29-24-19-10-18-11-20(24)15-27(33,13-18)14-19/h6-7,17-20,24,33H,3-5,8-16H2,1-2H3,(H,29,32)/t17-,18?,19?,20?,24?,27?/m0/s1. The molecule has 5 aliphatic rings. The molecule has 1 aromatic rings. The minimum absolute atomic E-state index is 0.110. The summed E-state index contributed by atoms with van der Waals surface area (Å²) in [5, 5.41) is 14.2. The highest BCUT2D eigenvalue weighted by Crippen LogP contribution is 2.55. The van der Waals surface area contributed by atoms with Crippen LogP contribution in [-0.2, 0) is 9.53 Å². The van der Waals surface area contributed by atoms with Gasteiger partial charge in [0.15, 0.2) is 0 Å². The van der Waals surface area contributed by atoms with Crippen molar-refractivity contribution >= 4 is 17.7 Å². The van der Waals surface area contributed by atoms with Gasteiger partial charge in [-0.25, -0.2) is 0 Å². The second-order valence-electron chi connectivity index (χ2n) is 11.3. The van der Waals surface area contributed by atoms with E-state index in [1.807, 2.05) is 19.1 Å². The van der Waals surface area contributed by atoms with Gasteiger partial charge in [-0.05, 0) is 87.2 Å². The third-order valence-electron chi connectivity index (χ3n) is 8.60. The van der Waals surface area contributed by atoms with Crippen molar-refractivity contribution in [3.05, 3.63) is 17.7 Å². The zero-order chi connectivity index (χ0) is 24.6. The lowest BCUT2D eigenvalue weighted by molar-refractivity contribution is -0.141. The monoisotopic (exact) mass is 485 g/mol. The van der Waals surface area contributed by atoms with Gasteiger partial charge in [0.1, 0.15) is 11.4 Å². The molecule has 2 N–H and O–H groups in total. The molecule has 4 bridgehead atoms. The molecule has 8 nitrogen and oxygen atoms in total. The topological polar surface area (TPSA) is 101 Å². The zero-order valence-corrected chi connectivity index (χ0v) is 21.0. The third-order valence-corrected chi connectivity index (χ3v) is 8.60. The Labute approximate surface area is 207 Å². The van der Waals surface area contributed by atoms with E-state index < -0.39 is 5.60 Å². The lowest BCUT2D eigenvalue weighted by Crippen LogP contribution is -2.61. The summed E-state index contributed by atoms with van der Waals surface area (Å²) in [4.78, 5) is 32.1. The summed E-state index contributed by atoms with van der Waals surface area (Å²) in [5.74, 6) is 2.36. The highest BCUT2D eigenvalue weighted by atomic mass is 16.5. The van der Waals surface area contributed by atoms with E-state index >= 15 is 0 Å². The third kappa shape index (κ3) is 5.13. The number of piperidine rings is 1. The van der Waals surface area contributed by atoms with Gasteiger partial charge in [0.05, 0.1) is 19.3 Å². The molecule has 1 amide bonds. The summed E-state index contributed by atoms with van der Waals surface area (Å²) < 4.78 is 10.8. The van der Waals surface area contributed by atoms with Crippen molar-refractivity contribution in [2.45, 2.75) is 76.4 Å². The Morgan fingerprint density at radius 3 is 2.69 bits per heavy atom. The van der Waals surface area contributed by atoms with Crippen LogP contribution in [0.5, 0.6) is 5.88 Å². The Morgan fingerprint density at radius 1 is 1.23 bits per heavy atom. The van der Waals surface area contributed by atoms with E-state index in [-0.39, 0.29) is 23.8 Å². The van der Waals surface area contributed by atoms with Gasteiger partial charge in [0.2, 0.25) is 5.88 Å². The van der Waals surface area contributed by atoms with Gasteiger partial charge >= 0.3 is 5.97 Å². The van der Waals surface area contributed by atoms with Crippen molar-refractivity contribution in [1.29, 1.82) is 0 Å². The summed E-state index contributed by atoms with van der Waals surface area (Å²) in [6, 6.07) is 3.84. The Morgan fingerprint density at radius 2 is 2.00 bits per heavy atom. The maximum atomic E-state index is 13.4. The molecule has 8 heteroatoms. The summed E-state index contributed by atoms with van der Waals surface area (Å²) in [7, 11) is 1.43. The number of nitrogens with zero attached hydrogens (tertiary/aromatic N) is 2. The predicted octanol–water partition coefficient (Wildman–Crippen LogP) is 3.32. The van der Waals surface area contributed by atoms with Crippen LogP contribution >= 0.6 is 0 Å². The number of carbonyl (C=O) groups is 2. The van der Waals surface area contributed by atoms with Gasteiger partial charge < -0.3 is 24.8 Å². The molecule has 6 rings (SSSR count). The van der Waals surface area contributed by atoms with Crippen LogP contribution in [-0.4, -0.2) is 60.4 Å². The van der Waals surface area contributed by atoms with Gasteiger partial charge in [0, 0.05) is 25.6 Å². The molecule has 3 atom stereocenters. The summed E-state index contributed by atoms with van der Waals surface area (Å²) >= 11 is 0. The predicted molar refractivity (Wildman–Crippen MR) is 131 cm³/mol. The molecular weight excluding hydrogens is 446 g/mol. The lowest BCUT2D eigenvalue weighted by atomic mass is 9.52. The normalized spacial score (nSPS) is 33.5. The Hall–Kier alpha value is -2.35. The van der Waals surface area contributed by atoms with Gasteiger partial charge in [-0.15, -0.1) is 0 Å². The second-order valence-corrected chi connectivity index (χ2v) is 11.3. The second kappa shape index (κ2) is 9.96. The van der Waals surface area contributed by atoms with Crippen LogP contribution < -0.4 is 15.0 Å². The van der Waals surface area contributed by atoms with Gasteiger partial charge in [0.25, 0.3) is 5.91 Å². The van der Waals surface area contributed by atoms with Crippen LogP contribution in [0, 0.1) is 23.7 Å². The van der Waals surface area contributed by atoms with Crippen LogP contribution in [0.15, 0.2) is 12.1 Å². The lowest BCUT2D eigenvalue weighted by Gasteiger charge is -2.58. The molecule has 4 saturated carbocycles. The van der Waals surface area contributed by atoms with Crippen LogP contribution in [0.1, 0.15) is 75.1 Å². The van der Waals surface area contributed by atoms with Crippen molar-refractivity contribution in [3.63, 3.8) is 0 Å². The molecule has 0 aromatic carbocycles. The molecule has 2 unspecified atom stereocenters. The van der Waals surface area contributed by atoms with Crippen molar-refractivity contribution in [3.8, 4) is 5.88 Å². The molecule has 0 radical (unpaired) electrons. The molecule has 2 heterocycles. The van der Waals surface area contributed by atoms with Crippen LogP contribution in [0.2, 0.25) is 0 Å². The maximum absolute atomic E-state index is 13.4. The number of nitrogens with one attached hydrogen (secondary N) is 1. The van der Waals surface area contributed by atoms with Gasteiger partial charge in [-0.3, -0.25) is 9.59 Å². The van der Waals surface area contributed by atoms with E-state index in [0.29, 0.717) is 42.2 Å². The highest BCUT2D eigenvalue weighted by Gasteiger charge is 2.55. The van der Waals surface area contributed by atoms with Crippen molar-refractivity contribution in [2.24, 2.45) is 23.7 Å². The highest BCUT2D eigenvalue weighted by molar-refractivity contribution is 5.97. The fraction of sp³-hybridized carbons (Fsp3) is 0.741. The fourth-order valence-electron chi connectivity index (χ4n) is 7.29. The number of esters is 1. The van der Waals surface area contributed by atoms with E-state index in [4.69, 9.17) is 14.5 Å². The van der Waals surface area contributed by atoms with Crippen LogP contribution in [0.3, 0.4) is 0 Å². The smallest absolute Gasteiger partial charge is 0.305 e. The van der Waals surface area contributed by atoms with Crippen molar-refractivity contribution < 1.29 is 24.2 Å². The van der Waals surface area contributed by atoms with Gasteiger partial charge in [-0.1, -0.05) is 6.92 Å². The van der Waals surface area contributed by atoms with Crippen molar-refractivity contribution in [1.82, 2.24) is 10.3 Å². The first-order valence-corrected chi connectivity index (χ1v) is 13.4. The number of aliphatic hydroxyl groups is 1. The number of methoxy groups -OCH3 is 1. The van der Waals surface area contributed by atoms with Crippen LogP contribution in [0.4, 0.5) is 5.82 Å². The molecule has 1 aromatic heterocycles. The number of hydrogen-bond acceptors (Lipinski definition) is 7. The molecular formula is C27H39N3O5. The summed E-state index contributed by atoms with van der Waals surface area (Å²) in [6.07, 6.45) is 7.92. The number of ether oxygens (including phenoxy) is 2. The largest absolute Gasteiger partial charge is 0.477 e. The average molecular weight is 486 g/mol. The van der Waals surface area contributed by atoms with Crippen molar-refractivity contribution in [2.75, 3.05) is 31.7 Å². The number of anilines is 1. The van der Waals surface area contributed by atoms with Gasteiger partial charge in [-0.2, -0.15) is 4.98 Å². The Bertz CT molecular complexity index is 937. The SMILES string of the molecule is CCCOc1nc(N2CCC[C@@H](CC(=O)OC)C2)ccc1C(=O)NC1C2CC3CC1CC(O)(C3)C2. The van der Waals surface area contributed by atoms with E-state index in [2.05, 4.69) is 10.2 Å². The zero-order valence-electron chi connectivity index (χ0n) is 21.0. The molecule has 192 valence electrons. The molecule has 1 saturated heterocycles. The molecule has 35 heavy (non-hydrogen) atoms. The van der Waals surface area contributed by atoms with E-state index in [1.165, 1.54) is 7.11 Å². The molecule has 4 aliphatic carbocycles. The quantitative estimate of drug-likeness (QED) is 0.545. The number of aromatic nitrogens is 1. The summed E-state index contributed by atoms with van der Waals surface area (Å²) in [5.41, 5.74) is -0.0471. The minimum Gasteiger partial charge on any atom is -0.477 e.